The molecule has 0 aliphatic rings. The molecular formula is C17H17ClN2. The Morgan fingerprint density at radius 1 is 1.20 bits per heavy atom. The van der Waals surface area contributed by atoms with E-state index in [1.807, 2.05) is 37.4 Å². The summed E-state index contributed by atoms with van der Waals surface area (Å²) in [4.78, 5) is 2.10. The third-order valence-electron chi connectivity index (χ3n) is 3.42. The molecule has 2 nitrogen and oxygen atoms in total. The Balaban J connectivity index is 2.28. The van der Waals surface area contributed by atoms with E-state index in [0.29, 0.717) is 11.4 Å². The predicted octanol–water partition coefficient (Wildman–Crippen LogP) is 4.24. The second-order valence-electron chi connectivity index (χ2n) is 4.88. The van der Waals surface area contributed by atoms with Crippen molar-refractivity contribution in [1.82, 2.24) is 0 Å². The number of hydrogen-bond donors (Lipinski definition) is 0. The highest BCUT2D eigenvalue weighted by atomic mass is 35.5. The molecule has 2 aromatic carbocycles. The zero-order chi connectivity index (χ0) is 14.5. The Morgan fingerprint density at radius 3 is 2.60 bits per heavy atom. The van der Waals surface area contributed by atoms with Crippen LogP contribution in [0.25, 0.3) is 0 Å². The summed E-state index contributed by atoms with van der Waals surface area (Å²) in [6.07, 6.45) is 0. The Kier molecular flexibility index (Phi) is 4.65. The van der Waals surface area contributed by atoms with Crippen molar-refractivity contribution < 1.29 is 0 Å². The van der Waals surface area contributed by atoms with Crippen LogP contribution in [-0.4, -0.2) is 7.05 Å². The van der Waals surface area contributed by atoms with Crippen LogP contribution in [0, 0.1) is 18.3 Å². The van der Waals surface area contributed by atoms with E-state index in [2.05, 4.69) is 30.0 Å². The normalized spacial score (nSPS) is 10.1. The van der Waals surface area contributed by atoms with Crippen LogP contribution in [0.2, 0.25) is 0 Å². The lowest BCUT2D eigenvalue weighted by Gasteiger charge is -2.22. The molecule has 0 amide bonds. The predicted molar refractivity (Wildman–Crippen MR) is 84.0 cm³/mol. The van der Waals surface area contributed by atoms with Gasteiger partial charge in [-0.05, 0) is 35.7 Å². The Hall–Kier alpha value is -1.98. The van der Waals surface area contributed by atoms with E-state index in [-0.39, 0.29) is 0 Å². The summed E-state index contributed by atoms with van der Waals surface area (Å²) in [5, 5.41) is 9.29. The van der Waals surface area contributed by atoms with Crippen molar-refractivity contribution in [3.63, 3.8) is 0 Å². The van der Waals surface area contributed by atoms with Gasteiger partial charge in [0.15, 0.2) is 0 Å². The molecule has 0 heterocycles. The molecule has 2 rings (SSSR count). The minimum Gasteiger partial charge on any atom is -0.369 e. The van der Waals surface area contributed by atoms with E-state index < -0.39 is 0 Å². The van der Waals surface area contributed by atoms with Gasteiger partial charge in [-0.3, -0.25) is 0 Å². The number of rotatable bonds is 4. The zero-order valence-corrected chi connectivity index (χ0v) is 12.5. The molecule has 2 aromatic rings. The highest BCUT2D eigenvalue weighted by Crippen LogP contribution is 2.23. The first-order valence-electron chi connectivity index (χ1n) is 6.50. The first-order valence-corrected chi connectivity index (χ1v) is 7.03. The average molecular weight is 285 g/mol. The minimum atomic E-state index is 0.427. The number of alkyl halides is 1. The molecule has 0 aliphatic carbocycles. The molecule has 0 aliphatic heterocycles. The SMILES string of the molecule is Cc1ccccc1CN(C)c1ccc(CCl)cc1C#N. The standard InChI is InChI=1S/C17H17ClN2/c1-13-5-3-4-6-15(13)12-20(2)17-8-7-14(10-18)9-16(17)11-19/h3-9H,10,12H2,1-2H3. The molecule has 0 unspecified atom stereocenters. The van der Waals surface area contributed by atoms with Gasteiger partial charge in [0.25, 0.3) is 0 Å². The van der Waals surface area contributed by atoms with E-state index >= 15 is 0 Å². The average Bonchev–Trinajstić information content (AvgIpc) is 2.48. The van der Waals surface area contributed by atoms with Crippen molar-refractivity contribution in [2.24, 2.45) is 0 Å². The topological polar surface area (TPSA) is 27.0 Å². The molecule has 3 heteroatoms. The summed E-state index contributed by atoms with van der Waals surface area (Å²) in [5.74, 6) is 0.427. The second kappa shape index (κ2) is 6.45. The van der Waals surface area contributed by atoms with Crippen molar-refractivity contribution in [3.05, 3.63) is 64.7 Å². The van der Waals surface area contributed by atoms with Crippen LogP contribution in [0.4, 0.5) is 5.69 Å². The minimum absolute atomic E-state index is 0.427. The molecule has 0 N–H and O–H groups in total. The number of hydrogen-bond acceptors (Lipinski definition) is 2. The van der Waals surface area contributed by atoms with Crippen LogP contribution >= 0.6 is 11.6 Å². The van der Waals surface area contributed by atoms with Gasteiger partial charge >= 0.3 is 0 Å². The van der Waals surface area contributed by atoms with Gasteiger partial charge in [-0.15, -0.1) is 11.6 Å². The van der Waals surface area contributed by atoms with E-state index in [1.165, 1.54) is 11.1 Å². The maximum Gasteiger partial charge on any atom is 0.101 e. The fourth-order valence-electron chi connectivity index (χ4n) is 2.22. The van der Waals surface area contributed by atoms with Gasteiger partial charge in [-0.1, -0.05) is 30.3 Å². The van der Waals surface area contributed by atoms with Gasteiger partial charge in [0.1, 0.15) is 6.07 Å². The Morgan fingerprint density at radius 2 is 1.95 bits per heavy atom. The lowest BCUT2D eigenvalue weighted by atomic mass is 10.1. The van der Waals surface area contributed by atoms with Crippen LogP contribution < -0.4 is 4.90 Å². The second-order valence-corrected chi connectivity index (χ2v) is 5.15. The maximum absolute atomic E-state index is 9.29. The number of nitriles is 1. The molecule has 0 radical (unpaired) electrons. The number of halogens is 1. The molecule has 0 atom stereocenters. The van der Waals surface area contributed by atoms with E-state index in [9.17, 15) is 5.26 Å². The fourth-order valence-corrected chi connectivity index (χ4v) is 2.38. The van der Waals surface area contributed by atoms with Gasteiger partial charge in [0.2, 0.25) is 0 Å². The lowest BCUT2D eigenvalue weighted by Crippen LogP contribution is -2.18. The summed E-state index contributed by atoms with van der Waals surface area (Å²) in [6, 6.07) is 16.3. The number of nitrogens with zero attached hydrogens (tertiary/aromatic N) is 2. The number of benzene rings is 2. The molecule has 20 heavy (non-hydrogen) atoms. The molecule has 102 valence electrons. The Bertz CT molecular complexity index is 644. The summed E-state index contributed by atoms with van der Waals surface area (Å²) in [5.41, 5.74) is 5.09. The number of anilines is 1. The largest absolute Gasteiger partial charge is 0.369 e. The van der Waals surface area contributed by atoms with Crippen LogP contribution in [0.5, 0.6) is 0 Å². The summed E-state index contributed by atoms with van der Waals surface area (Å²) in [7, 11) is 2.00. The molecule has 0 bridgehead atoms. The monoisotopic (exact) mass is 284 g/mol. The highest BCUT2D eigenvalue weighted by molar-refractivity contribution is 6.17. The third-order valence-corrected chi connectivity index (χ3v) is 3.72. The van der Waals surface area contributed by atoms with Gasteiger partial charge in [-0.2, -0.15) is 5.26 Å². The van der Waals surface area contributed by atoms with Crippen LogP contribution in [0.3, 0.4) is 0 Å². The maximum atomic E-state index is 9.29. The first-order chi connectivity index (χ1) is 9.65. The molecule has 0 spiro atoms. The zero-order valence-electron chi connectivity index (χ0n) is 11.7. The summed E-state index contributed by atoms with van der Waals surface area (Å²) in [6.45, 7) is 2.88. The van der Waals surface area contributed by atoms with E-state index in [0.717, 1.165) is 17.8 Å². The van der Waals surface area contributed by atoms with Crippen LogP contribution in [0.15, 0.2) is 42.5 Å². The quantitative estimate of drug-likeness (QED) is 0.785. The van der Waals surface area contributed by atoms with E-state index in [4.69, 9.17) is 11.6 Å². The molecule has 0 saturated heterocycles. The van der Waals surface area contributed by atoms with Gasteiger partial charge in [0, 0.05) is 19.5 Å². The van der Waals surface area contributed by atoms with Crippen molar-refractivity contribution in [1.29, 1.82) is 5.26 Å². The smallest absolute Gasteiger partial charge is 0.101 e. The van der Waals surface area contributed by atoms with Crippen molar-refractivity contribution in [3.8, 4) is 6.07 Å². The highest BCUT2D eigenvalue weighted by Gasteiger charge is 2.09. The molecule has 0 aromatic heterocycles. The van der Waals surface area contributed by atoms with Crippen LogP contribution in [0.1, 0.15) is 22.3 Å². The number of aryl methyl sites for hydroxylation is 1. The van der Waals surface area contributed by atoms with Gasteiger partial charge in [0.05, 0.1) is 11.3 Å². The van der Waals surface area contributed by atoms with Gasteiger partial charge < -0.3 is 4.90 Å². The molecular weight excluding hydrogens is 268 g/mol. The lowest BCUT2D eigenvalue weighted by molar-refractivity contribution is 0.911. The molecule has 0 saturated carbocycles. The first kappa shape index (κ1) is 14.4. The molecule has 0 fully saturated rings. The van der Waals surface area contributed by atoms with E-state index in [1.54, 1.807) is 0 Å². The van der Waals surface area contributed by atoms with Gasteiger partial charge in [-0.25, -0.2) is 0 Å². The summed E-state index contributed by atoms with van der Waals surface area (Å²) >= 11 is 5.82. The van der Waals surface area contributed by atoms with Crippen molar-refractivity contribution >= 4 is 17.3 Å². The Labute approximate surface area is 125 Å². The fraction of sp³-hybridized carbons (Fsp3) is 0.235. The van der Waals surface area contributed by atoms with Crippen molar-refractivity contribution in [2.45, 2.75) is 19.3 Å². The van der Waals surface area contributed by atoms with Crippen LogP contribution in [-0.2, 0) is 12.4 Å². The van der Waals surface area contributed by atoms with Crippen molar-refractivity contribution in [2.75, 3.05) is 11.9 Å². The third kappa shape index (κ3) is 3.12. The summed E-state index contributed by atoms with van der Waals surface area (Å²) < 4.78 is 0.